The van der Waals surface area contributed by atoms with E-state index in [0.29, 0.717) is 22.2 Å². The molecule has 0 bridgehead atoms. The van der Waals surface area contributed by atoms with Crippen LogP contribution in [0.1, 0.15) is 16.7 Å². The van der Waals surface area contributed by atoms with Gasteiger partial charge in [0.15, 0.2) is 0 Å². The van der Waals surface area contributed by atoms with Gasteiger partial charge in [0.1, 0.15) is 6.10 Å². The van der Waals surface area contributed by atoms with Crippen LogP contribution in [0.4, 0.5) is 0 Å². The zero-order valence-electron chi connectivity index (χ0n) is 8.23. The van der Waals surface area contributed by atoms with E-state index in [4.69, 9.17) is 23.2 Å². The lowest BCUT2D eigenvalue weighted by Crippen LogP contribution is -2.03. The first kappa shape index (κ1) is 11.9. The standard InChI is InChI=1S/C11H9Cl2NOS/c12-7-4-9(13)11(14-6-7)10(15)5-8-2-1-3-16-8/h1-4,6,10,15H,5H2. The number of nitrogens with zero attached hydrogens (tertiary/aromatic N) is 1. The molecule has 2 nitrogen and oxygen atoms in total. The minimum atomic E-state index is -0.691. The van der Waals surface area contributed by atoms with E-state index in [-0.39, 0.29) is 0 Å². The monoisotopic (exact) mass is 273 g/mol. The van der Waals surface area contributed by atoms with Crippen molar-refractivity contribution in [3.05, 3.63) is 50.4 Å². The molecule has 2 rings (SSSR count). The van der Waals surface area contributed by atoms with Gasteiger partial charge in [0, 0.05) is 17.5 Å². The van der Waals surface area contributed by atoms with Crippen molar-refractivity contribution in [1.29, 1.82) is 0 Å². The summed E-state index contributed by atoms with van der Waals surface area (Å²) in [5.74, 6) is 0. The molecule has 1 N–H and O–H groups in total. The Hall–Kier alpha value is -0.610. The van der Waals surface area contributed by atoms with Crippen molar-refractivity contribution in [3.8, 4) is 0 Å². The van der Waals surface area contributed by atoms with Crippen molar-refractivity contribution in [1.82, 2.24) is 4.98 Å². The smallest absolute Gasteiger partial charge is 0.102 e. The molecular formula is C11H9Cl2NOS. The van der Waals surface area contributed by atoms with Crippen LogP contribution in [-0.2, 0) is 6.42 Å². The van der Waals surface area contributed by atoms with E-state index in [9.17, 15) is 5.11 Å². The fraction of sp³-hybridized carbons (Fsp3) is 0.182. The fourth-order valence-electron chi connectivity index (χ4n) is 1.39. The molecule has 0 spiro atoms. The van der Waals surface area contributed by atoms with Crippen LogP contribution in [0.15, 0.2) is 29.8 Å². The fourth-order valence-corrected chi connectivity index (χ4v) is 2.64. The lowest BCUT2D eigenvalue weighted by Gasteiger charge is -2.10. The summed E-state index contributed by atoms with van der Waals surface area (Å²) in [6, 6.07) is 5.50. The predicted molar refractivity (Wildman–Crippen MR) is 67.2 cm³/mol. The van der Waals surface area contributed by atoms with Crippen molar-refractivity contribution in [3.63, 3.8) is 0 Å². The second kappa shape index (κ2) is 5.15. The summed E-state index contributed by atoms with van der Waals surface area (Å²) in [7, 11) is 0. The zero-order valence-corrected chi connectivity index (χ0v) is 10.6. The van der Waals surface area contributed by atoms with Crippen LogP contribution >= 0.6 is 34.5 Å². The van der Waals surface area contributed by atoms with Gasteiger partial charge in [-0.25, -0.2) is 0 Å². The van der Waals surface area contributed by atoms with Crippen molar-refractivity contribution in [2.24, 2.45) is 0 Å². The van der Waals surface area contributed by atoms with Crippen molar-refractivity contribution in [2.45, 2.75) is 12.5 Å². The van der Waals surface area contributed by atoms with Gasteiger partial charge in [0.25, 0.3) is 0 Å². The maximum Gasteiger partial charge on any atom is 0.102 e. The number of hydrogen-bond acceptors (Lipinski definition) is 3. The van der Waals surface area contributed by atoms with E-state index >= 15 is 0 Å². The number of halogens is 2. The number of pyridine rings is 1. The highest BCUT2D eigenvalue weighted by atomic mass is 35.5. The summed E-state index contributed by atoms with van der Waals surface area (Å²) in [5, 5.41) is 12.8. The number of aromatic nitrogens is 1. The molecule has 84 valence electrons. The van der Waals surface area contributed by atoms with Crippen LogP contribution in [0, 0.1) is 0 Å². The summed E-state index contributed by atoms with van der Waals surface area (Å²) in [6.07, 6.45) is 1.32. The van der Waals surface area contributed by atoms with Crippen molar-refractivity contribution in [2.75, 3.05) is 0 Å². The van der Waals surface area contributed by atoms with Crippen LogP contribution in [0.3, 0.4) is 0 Å². The van der Waals surface area contributed by atoms with Gasteiger partial charge in [-0.05, 0) is 17.5 Å². The second-order valence-electron chi connectivity index (χ2n) is 3.32. The van der Waals surface area contributed by atoms with Gasteiger partial charge in [-0.15, -0.1) is 11.3 Å². The minimum absolute atomic E-state index is 0.400. The summed E-state index contributed by atoms with van der Waals surface area (Å²) >= 11 is 13.3. The summed E-state index contributed by atoms with van der Waals surface area (Å²) in [4.78, 5) is 5.15. The van der Waals surface area contributed by atoms with E-state index in [1.54, 1.807) is 17.4 Å². The molecule has 0 amide bonds. The molecule has 1 atom stereocenters. The van der Waals surface area contributed by atoms with E-state index < -0.39 is 6.10 Å². The zero-order chi connectivity index (χ0) is 11.5. The molecule has 2 aromatic heterocycles. The first-order chi connectivity index (χ1) is 7.66. The molecule has 0 aliphatic rings. The second-order valence-corrected chi connectivity index (χ2v) is 5.20. The molecule has 0 saturated carbocycles. The first-order valence-corrected chi connectivity index (χ1v) is 6.32. The third kappa shape index (κ3) is 2.74. The molecule has 2 aromatic rings. The van der Waals surface area contributed by atoms with Crippen LogP contribution in [-0.4, -0.2) is 10.1 Å². The third-order valence-electron chi connectivity index (χ3n) is 2.13. The Kier molecular flexibility index (Phi) is 3.82. The number of rotatable bonds is 3. The van der Waals surface area contributed by atoms with Gasteiger partial charge in [-0.3, -0.25) is 4.98 Å². The molecular weight excluding hydrogens is 265 g/mol. The molecule has 2 heterocycles. The highest BCUT2D eigenvalue weighted by Gasteiger charge is 2.14. The summed E-state index contributed by atoms with van der Waals surface area (Å²) < 4.78 is 0. The highest BCUT2D eigenvalue weighted by Crippen LogP contribution is 2.27. The quantitative estimate of drug-likeness (QED) is 0.925. The molecule has 0 aromatic carbocycles. The first-order valence-electron chi connectivity index (χ1n) is 4.68. The average Bonchev–Trinajstić information content (AvgIpc) is 2.70. The predicted octanol–water partition coefficient (Wildman–Crippen LogP) is 3.73. The largest absolute Gasteiger partial charge is 0.386 e. The topological polar surface area (TPSA) is 33.1 Å². The minimum Gasteiger partial charge on any atom is -0.386 e. The lowest BCUT2D eigenvalue weighted by molar-refractivity contribution is 0.174. The van der Waals surface area contributed by atoms with Gasteiger partial charge < -0.3 is 5.11 Å². The van der Waals surface area contributed by atoms with E-state index in [2.05, 4.69) is 4.98 Å². The Bertz CT molecular complexity index is 473. The maximum atomic E-state index is 9.98. The number of aliphatic hydroxyl groups excluding tert-OH is 1. The summed E-state index contributed by atoms with van der Waals surface area (Å²) in [5.41, 5.74) is 0.472. The van der Waals surface area contributed by atoms with E-state index in [1.165, 1.54) is 6.20 Å². The van der Waals surface area contributed by atoms with Crippen LogP contribution in [0.2, 0.25) is 10.0 Å². The molecule has 16 heavy (non-hydrogen) atoms. The Labute approximate surface area is 107 Å². The molecule has 1 unspecified atom stereocenters. The Morgan fingerprint density at radius 1 is 1.44 bits per heavy atom. The highest BCUT2D eigenvalue weighted by molar-refractivity contribution is 7.09. The molecule has 0 fully saturated rings. The van der Waals surface area contributed by atoms with Gasteiger partial charge in [-0.1, -0.05) is 29.3 Å². The Morgan fingerprint density at radius 3 is 2.88 bits per heavy atom. The van der Waals surface area contributed by atoms with Crippen molar-refractivity contribution >= 4 is 34.5 Å². The molecule has 0 radical (unpaired) electrons. The average molecular weight is 274 g/mol. The Balaban J connectivity index is 2.17. The van der Waals surface area contributed by atoms with Crippen LogP contribution in [0.25, 0.3) is 0 Å². The maximum absolute atomic E-state index is 9.98. The number of aliphatic hydroxyl groups is 1. The van der Waals surface area contributed by atoms with Crippen LogP contribution in [0.5, 0.6) is 0 Å². The van der Waals surface area contributed by atoms with Gasteiger partial charge in [0.2, 0.25) is 0 Å². The van der Waals surface area contributed by atoms with Gasteiger partial charge in [0.05, 0.1) is 15.7 Å². The van der Waals surface area contributed by atoms with Gasteiger partial charge in [-0.2, -0.15) is 0 Å². The SMILES string of the molecule is OC(Cc1cccs1)c1ncc(Cl)cc1Cl. The molecule has 5 heteroatoms. The number of thiophene rings is 1. The van der Waals surface area contributed by atoms with E-state index in [1.807, 2.05) is 17.5 Å². The molecule has 0 saturated heterocycles. The van der Waals surface area contributed by atoms with E-state index in [0.717, 1.165) is 4.88 Å². The Morgan fingerprint density at radius 2 is 2.25 bits per heavy atom. The number of hydrogen-bond donors (Lipinski definition) is 1. The molecule has 0 aliphatic heterocycles. The third-order valence-corrected chi connectivity index (χ3v) is 3.53. The van der Waals surface area contributed by atoms with Crippen LogP contribution < -0.4 is 0 Å². The normalized spacial score (nSPS) is 12.7. The van der Waals surface area contributed by atoms with Crippen molar-refractivity contribution < 1.29 is 5.11 Å². The van der Waals surface area contributed by atoms with Gasteiger partial charge >= 0.3 is 0 Å². The lowest BCUT2D eigenvalue weighted by atomic mass is 10.1. The summed E-state index contributed by atoms with van der Waals surface area (Å²) in [6.45, 7) is 0. The molecule has 0 aliphatic carbocycles.